The van der Waals surface area contributed by atoms with Crippen LogP contribution in [-0.4, -0.2) is 25.2 Å². The Morgan fingerprint density at radius 1 is 0.586 bits per heavy atom. The van der Waals surface area contributed by atoms with Gasteiger partial charge in [0, 0.05) is 0 Å². The van der Waals surface area contributed by atoms with E-state index in [1.165, 1.54) is 64.2 Å². The third-order valence-electron chi connectivity index (χ3n) is 6.06. The summed E-state index contributed by atoms with van der Waals surface area (Å²) < 4.78 is 10.8. The molecule has 0 saturated heterocycles. The van der Waals surface area contributed by atoms with Gasteiger partial charge in [0.1, 0.15) is 0 Å². The van der Waals surface area contributed by atoms with Crippen molar-refractivity contribution in [1.29, 1.82) is 0 Å². The van der Waals surface area contributed by atoms with Gasteiger partial charge >= 0.3 is 11.9 Å². The summed E-state index contributed by atoms with van der Waals surface area (Å²) in [6, 6.07) is 0. The third-order valence-corrected chi connectivity index (χ3v) is 6.06. The van der Waals surface area contributed by atoms with Crippen LogP contribution in [0.4, 0.5) is 0 Å². The van der Waals surface area contributed by atoms with Gasteiger partial charge in [0.2, 0.25) is 0 Å². The van der Waals surface area contributed by atoms with E-state index in [0.717, 1.165) is 44.9 Å². The molecule has 0 aromatic heterocycles. The van der Waals surface area contributed by atoms with Crippen molar-refractivity contribution in [1.82, 2.24) is 0 Å². The molecular weight excluding hydrogens is 364 g/mol. The van der Waals surface area contributed by atoms with Gasteiger partial charge in [-0.25, -0.2) is 0 Å². The number of unbranched alkanes of at least 4 members (excludes halogenated alkanes) is 11. The monoisotopic (exact) mass is 410 g/mol. The fraction of sp³-hybridized carbons (Fsp3) is 0.920. The third kappa shape index (κ3) is 12.3. The van der Waals surface area contributed by atoms with E-state index in [1.807, 2.05) is 6.92 Å². The summed E-state index contributed by atoms with van der Waals surface area (Å²) >= 11 is 0. The molecule has 0 aromatic carbocycles. The lowest BCUT2D eigenvalue weighted by Gasteiger charge is -2.28. The van der Waals surface area contributed by atoms with Crippen molar-refractivity contribution in [2.24, 2.45) is 11.8 Å². The molecule has 4 nitrogen and oxygen atoms in total. The van der Waals surface area contributed by atoms with Crippen molar-refractivity contribution >= 4 is 11.9 Å². The molecule has 2 atom stereocenters. The van der Waals surface area contributed by atoms with Crippen molar-refractivity contribution in [3.05, 3.63) is 0 Å². The highest BCUT2D eigenvalue weighted by Crippen LogP contribution is 2.32. The van der Waals surface area contributed by atoms with Crippen LogP contribution in [0.15, 0.2) is 0 Å². The molecule has 0 spiro atoms. The zero-order chi connectivity index (χ0) is 21.2. The standard InChI is InChI=1S/C25H46O4/c1-3-5-6-7-8-9-10-11-12-13-14-17-21-29-25(27)23-19-16-15-18-22(23)24(26)28-20-4-2/h22-23H,3-21H2,1-2H3. The second-order valence-corrected chi connectivity index (χ2v) is 8.72. The van der Waals surface area contributed by atoms with Gasteiger partial charge < -0.3 is 9.47 Å². The fourth-order valence-electron chi connectivity index (χ4n) is 4.23. The molecule has 4 heteroatoms. The van der Waals surface area contributed by atoms with Crippen molar-refractivity contribution in [3.63, 3.8) is 0 Å². The summed E-state index contributed by atoms with van der Waals surface area (Å²) in [5, 5.41) is 0. The Balaban J connectivity index is 2.04. The molecule has 0 amide bonds. The highest BCUT2D eigenvalue weighted by molar-refractivity contribution is 5.82. The summed E-state index contributed by atoms with van der Waals surface area (Å²) in [4.78, 5) is 24.7. The van der Waals surface area contributed by atoms with E-state index in [-0.39, 0.29) is 23.8 Å². The molecule has 1 saturated carbocycles. The summed E-state index contributed by atoms with van der Waals surface area (Å²) in [6.07, 6.45) is 19.8. The van der Waals surface area contributed by atoms with Crippen molar-refractivity contribution in [3.8, 4) is 0 Å². The Morgan fingerprint density at radius 3 is 1.45 bits per heavy atom. The number of carbonyl (C=O) groups is 2. The topological polar surface area (TPSA) is 52.6 Å². The quantitative estimate of drug-likeness (QED) is 0.191. The van der Waals surface area contributed by atoms with Crippen LogP contribution < -0.4 is 0 Å². The van der Waals surface area contributed by atoms with Crippen LogP contribution in [0.2, 0.25) is 0 Å². The Kier molecular flexibility index (Phi) is 15.9. The molecule has 29 heavy (non-hydrogen) atoms. The first-order chi connectivity index (χ1) is 14.2. The minimum atomic E-state index is -0.301. The Bertz CT molecular complexity index is 421. The van der Waals surface area contributed by atoms with E-state index in [9.17, 15) is 9.59 Å². The Labute approximate surface area is 179 Å². The molecule has 0 heterocycles. The van der Waals surface area contributed by atoms with Gasteiger partial charge in [0.15, 0.2) is 0 Å². The van der Waals surface area contributed by atoms with Gasteiger partial charge in [0.25, 0.3) is 0 Å². The Hall–Kier alpha value is -1.06. The molecule has 0 bridgehead atoms. The normalized spacial score (nSPS) is 19.1. The van der Waals surface area contributed by atoms with Crippen LogP contribution in [0.3, 0.4) is 0 Å². The number of carbonyl (C=O) groups excluding carboxylic acids is 2. The Morgan fingerprint density at radius 2 is 1.00 bits per heavy atom. The van der Waals surface area contributed by atoms with E-state index < -0.39 is 0 Å². The van der Waals surface area contributed by atoms with Gasteiger partial charge in [-0.2, -0.15) is 0 Å². The van der Waals surface area contributed by atoms with Gasteiger partial charge in [-0.1, -0.05) is 97.3 Å². The summed E-state index contributed by atoms with van der Waals surface area (Å²) in [6.45, 7) is 5.17. The molecule has 0 aliphatic heterocycles. The molecular formula is C25H46O4. The van der Waals surface area contributed by atoms with Crippen LogP contribution >= 0.6 is 0 Å². The van der Waals surface area contributed by atoms with E-state index in [1.54, 1.807) is 0 Å². The molecule has 0 aromatic rings. The minimum absolute atomic E-state index is 0.189. The lowest BCUT2D eigenvalue weighted by atomic mass is 9.79. The molecule has 170 valence electrons. The van der Waals surface area contributed by atoms with E-state index in [4.69, 9.17) is 9.47 Å². The van der Waals surface area contributed by atoms with Gasteiger partial charge in [0.05, 0.1) is 25.0 Å². The van der Waals surface area contributed by atoms with Crippen molar-refractivity contribution in [2.45, 2.75) is 123 Å². The highest BCUT2D eigenvalue weighted by atomic mass is 16.5. The van der Waals surface area contributed by atoms with Crippen LogP contribution in [0, 0.1) is 11.8 Å². The maximum atomic E-state index is 12.5. The molecule has 1 aliphatic carbocycles. The van der Waals surface area contributed by atoms with Gasteiger partial charge in [-0.05, 0) is 25.7 Å². The molecule has 1 rings (SSSR count). The van der Waals surface area contributed by atoms with Gasteiger partial charge in [-0.15, -0.1) is 0 Å². The van der Waals surface area contributed by atoms with Crippen LogP contribution in [-0.2, 0) is 19.1 Å². The summed E-state index contributed by atoms with van der Waals surface area (Å²) in [5.41, 5.74) is 0. The lowest BCUT2D eigenvalue weighted by Crippen LogP contribution is -2.35. The highest BCUT2D eigenvalue weighted by Gasteiger charge is 2.37. The number of rotatable bonds is 17. The lowest BCUT2D eigenvalue weighted by molar-refractivity contribution is -0.163. The molecule has 1 aliphatic rings. The minimum Gasteiger partial charge on any atom is -0.465 e. The van der Waals surface area contributed by atoms with Crippen LogP contribution in [0.5, 0.6) is 0 Å². The van der Waals surface area contributed by atoms with E-state index in [0.29, 0.717) is 13.2 Å². The fourth-order valence-corrected chi connectivity index (χ4v) is 4.23. The van der Waals surface area contributed by atoms with Crippen LogP contribution in [0.25, 0.3) is 0 Å². The van der Waals surface area contributed by atoms with Gasteiger partial charge in [-0.3, -0.25) is 9.59 Å². The first-order valence-corrected chi connectivity index (χ1v) is 12.5. The first kappa shape index (κ1) is 26.0. The molecule has 2 unspecified atom stereocenters. The second-order valence-electron chi connectivity index (χ2n) is 8.72. The van der Waals surface area contributed by atoms with Crippen molar-refractivity contribution < 1.29 is 19.1 Å². The second kappa shape index (κ2) is 17.8. The SMILES string of the molecule is CCCCCCCCCCCCCCOC(=O)C1CCCCC1C(=O)OCCC. The summed E-state index contributed by atoms with van der Waals surface area (Å²) in [7, 11) is 0. The average Bonchev–Trinajstić information content (AvgIpc) is 2.75. The number of esters is 2. The number of hydrogen-bond donors (Lipinski definition) is 0. The average molecular weight is 411 g/mol. The first-order valence-electron chi connectivity index (χ1n) is 12.5. The number of hydrogen-bond acceptors (Lipinski definition) is 4. The summed E-state index contributed by atoms with van der Waals surface area (Å²) in [5.74, 6) is -1.000. The predicted octanol–water partition coefficient (Wildman–Crippen LogP) is 6.99. The molecule has 0 N–H and O–H groups in total. The largest absolute Gasteiger partial charge is 0.465 e. The zero-order valence-electron chi connectivity index (χ0n) is 19.2. The number of ether oxygens (including phenoxy) is 2. The smallest absolute Gasteiger partial charge is 0.309 e. The zero-order valence-corrected chi connectivity index (χ0v) is 19.2. The van der Waals surface area contributed by atoms with Crippen LogP contribution in [0.1, 0.15) is 123 Å². The maximum Gasteiger partial charge on any atom is 0.309 e. The molecule has 0 radical (unpaired) electrons. The van der Waals surface area contributed by atoms with E-state index >= 15 is 0 Å². The predicted molar refractivity (Wildman–Crippen MR) is 119 cm³/mol. The van der Waals surface area contributed by atoms with Crippen molar-refractivity contribution in [2.75, 3.05) is 13.2 Å². The molecule has 1 fully saturated rings. The maximum absolute atomic E-state index is 12.5. The van der Waals surface area contributed by atoms with E-state index in [2.05, 4.69) is 6.92 Å².